The predicted octanol–water partition coefficient (Wildman–Crippen LogP) is 4.61. The number of methoxy groups -OCH3 is 2. The molecule has 0 aliphatic rings. The van der Waals surface area contributed by atoms with Gasteiger partial charge in [0, 0.05) is 24.6 Å². The van der Waals surface area contributed by atoms with Crippen LogP contribution in [0.1, 0.15) is 25.1 Å². The number of rotatable bonds is 10. The van der Waals surface area contributed by atoms with E-state index in [0.717, 1.165) is 18.0 Å². The zero-order chi connectivity index (χ0) is 21.5. The maximum atomic E-state index is 10.0. The summed E-state index contributed by atoms with van der Waals surface area (Å²) in [5.41, 5.74) is 2.64. The first-order valence-corrected chi connectivity index (χ1v) is 9.85. The van der Waals surface area contributed by atoms with E-state index in [4.69, 9.17) is 18.6 Å². The second-order valence-electron chi connectivity index (χ2n) is 7.15. The molecule has 8 heteroatoms. The third-order valence-electron chi connectivity index (χ3n) is 4.54. The smallest absolute Gasteiger partial charge is 0.226 e. The number of hydrogen-bond donors (Lipinski definition) is 2. The number of halogens is 1. The minimum atomic E-state index is -0.0602. The molecule has 31 heavy (non-hydrogen) atoms. The number of nitrogens with one attached hydrogen (secondary N) is 1. The quantitative estimate of drug-likeness (QED) is 0.468. The molecule has 3 aromatic rings. The van der Waals surface area contributed by atoms with E-state index in [1.807, 2.05) is 12.1 Å². The molecular formula is C23H29ClN2O5. The first-order valence-electron chi connectivity index (χ1n) is 9.85. The maximum absolute atomic E-state index is 10.0. The normalized spacial score (nSPS) is 10.6. The zero-order valence-electron chi connectivity index (χ0n) is 18.2. The van der Waals surface area contributed by atoms with Crippen LogP contribution in [0.2, 0.25) is 0 Å². The van der Waals surface area contributed by atoms with Crippen molar-refractivity contribution in [1.82, 2.24) is 10.3 Å². The molecule has 1 aromatic heterocycles. The minimum absolute atomic E-state index is 0. The highest BCUT2D eigenvalue weighted by molar-refractivity contribution is 5.85. The first kappa shape index (κ1) is 24.4. The Balaban J connectivity index is 0.00000341. The van der Waals surface area contributed by atoms with Crippen LogP contribution in [0.3, 0.4) is 0 Å². The molecule has 0 aliphatic heterocycles. The van der Waals surface area contributed by atoms with E-state index in [2.05, 4.69) is 36.3 Å². The van der Waals surface area contributed by atoms with Crippen LogP contribution in [0.25, 0.3) is 11.5 Å². The van der Waals surface area contributed by atoms with E-state index in [0.29, 0.717) is 42.0 Å². The standard InChI is InChI=1S/C23H28N2O5.ClH/c1-15(2)24-13-16-5-7-19(8-6-16)29-10-9-18-14-30-23(25-18)17-11-20(27-3)22(26)21(12-17)28-4;/h5-8,11-12,14-15,24,26H,9-10,13H2,1-4H3;1H. The summed E-state index contributed by atoms with van der Waals surface area (Å²) in [4.78, 5) is 4.50. The zero-order valence-corrected chi connectivity index (χ0v) is 19.0. The molecule has 0 amide bonds. The Labute approximate surface area is 188 Å². The molecule has 0 spiro atoms. The van der Waals surface area contributed by atoms with Gasteiger partial charge in [0.1, 0.15) is 12.0 Å². The van der Waals surface area contributed by atoms with Gasteiger partial charge >= 0.3 is 0 Å². The molecule has 0 fully saturated rings. The number of phenolic OH excluding ortho intramolecular Hbond substituents is 1. The summed E-state index contributed by atoms with van der Waals surface area (Å²) in [6.45, 7) is 5.58. The summed E-state index contributed by atoms with van der Waals surface area (Å²) in [6, 6.07) is 11.8. The van der Waals surface area contributed by atoms with Crippen molar-refractivity contribution in [3.63, 3.8) is 0 Å². The van der Waals surface area contributed by atoms with Crippen molar-refractivity contribution < 1.29 is 23.7 Å². The Morgan fingerprint density at radius 2 is 1.71 bits per heavy atom. The number of aromatic nitrogens is 1. The van der Waals surface area contributed by atoms with Crippen molar-refractivity contribution in [1.29, 1.82) is 0 Å². The van der Waals surface area contributed by atoms with Gasteiger partial charge in [0.15, 0.2) is 11.5 Å². The van der Waals surface area contributed by atoms with E-state index in [1.165, 1.54) is 19.8 Å². The Kier molecular flexibility index (Phi) is 9.03. The fourth-order valence-corrected chi connectivity index (χ4v) is 2.87. The fraction of sp³-hybridized carbons (Fsp3) is 0.348. The number of oxazole rings is 1. The maximum Gasteiger partial charge on any atom is 0.226 e. The molecule has 7 nitrogen and oxygen atoms in total. The second-order valence-corrected chi connectivity index (χ2v) is 7.15. The van der Waals surface area contributed by atoms with E-state index >= 15 is 0 Å². The lowest BCUT2D eigenvalue weighted by Gasteiger charge is -2.09. The molecule has 0 saturated carbocycles. The average Bonchev–Trinajstić information content (AvgIpc) is 3.22. The van der Waals surface area contributed by atoms with Gasteiger partial charge in [-0.25, -0.2) is 4.98 Å². The second kappa shape index (κ2) is 11.5. The molecule has 0 atom stereocenters. The third-order valence-corrected chi connectivity index (χ3v) is 4.54. The highest BCUT2D eigenvalue weighted by Gasteiger charge is 2.15. The molecule has 2 aromatic carbocycles. The van der Waals surface area contributed by atoms with Gasteiger partial charge < -0.3 is 29.1 Å². The van der Waals surface area contributed by atoms with Crippen LogP contribution in [-0.4, -0.2) is 37.0 Å². The molecular weight excluding hydrogens is 420 g/mol. The molecule has 0 radical (unpaired) electrons. The summed E-state index contributed by atoms with van der Waals surface area (Å²) < 4.78 is 21.8. The first-order chi connectivity index (χ1) is 14.5. The van der Waals surface area contributed by atoms with Crippen LogP contribution in [-0.2, 0) is 13.0 Å². The lowest BCUT2D eigenvalue weighted by Crippen LogP contribution is -2.21. The predicted molar refractivity (Wildman–Crippen MR) is 122 cm³/mol. The summed E-state index contributed by atoms with van der Waals surface area (Å²) in [5, 5.41) is 13.4. The number of hydrogen-bond acceptors (Lipinski definition) is 7. The van der Waals surface area contributed by atoms with Crippen LogP contribution >= 0.6 is 12.4 Å². The van der Waals surface area contributed by atoms with Gasteiger partial charge in [-0.15, -0.1) is 12.4 Å². The lowest BCUT2D eigenvalue weighted by molar-refractivity contribution is 0.320. The van der Waals surface area contributed by atoms with Gasteiger partial charge in [-0.05, 0) is 29.8 Å². The van der Waals surface area contributed by atoms with Crippen molar-refractivity contribution in [2.24, 2.45) is 0 Å². The van der Waals surface area contributed by atoms with E-state index in [-0.39, 0.29) is 18.2 Å². The van der Waals surface area contributed by atoms with Crippen molar-refractivity contribution >= 4 is 12.4 Å². The number of phenols is 1. The molecule has 0 aliphatic carbocycles. The number of ether oxygens (including phenoxy) is 3. The van der Waals surface area contributed by atoms with Gasteiger partial charge in [-0.2, -0.15) is 0 Å². The van der Waals surface area contributed by atoms with Crippen LogP contribution in [0.4, 0.5) is 0 Å². The van der Waals surface area contributed by atoms with Gasteiger partial charge in [-0.1, -0.05) is 26.0 Å². The van der Waals surface area contributed by atoms with Gasteiger partial charge in [0.05, 0.1) is 26.5 Å². The van der Waals surface area contributed by atoms with Crippen LogP contribution in [0, 0.1) is 0 Å². The molecule has 0 bridgehead atoms. The Bertz CT molecular complexity index is 932. The summed E-state index contributed by atoms with van der Waals surface area (Å²) in [6.07, 6.45) is 2.21. The minimum Gasteiger partial charge on any atom is -0.502 e. The molecule has 3 rings (SSSR count). The number of aromatic hydroxyl groups is 1. The topological polar surface area (TPSA) is 86.0 Å². The number of nitrogens with zero attached hydrogens (tertiary/aromatic N) is 1. The number of benzene rings is 2. The van der Waals surface area contributed by atoms with E-state index in [1.54, 1.807) is 18.4 Å². The SMILES string of the molecule is COc1cc(-c2nc(CCOc3ccc(CNC(C)C)cc3)co2)cc(OC)c1O.Cl. The molecule has 2 N–H and O–H groups in total. The van der Waals surface area contributed by atoms with Crippen molar-refractivity contribution in [2.45, 2.75) is 32.9 Å². The Hall–Kier alpha value is -2.90. The lowest BCUT2D eigenvalue weighted by atomic mass is 10.2. The van der Waals surface area contributed by atoms with Gasteiger partial charge in [0.2, 0.25) is 11.6 Å². The summed E-state index contributed by atoms with van der Waals surface area (Å²) >= 11 is 0. The molecule has 168 valence electrons. The van der Waals surface area contributed by atoms with Crippen LogP contribution in [0.5, 0.6) is 23.0 Å². The highest BCUT2D eigenvalue weighted by Crippen LogP contribution is 2.40. The van der Waals surface area contributed by atoms with Gasteiger partial charge in [-0.3, -0.25) is 0 Å². The largest absolute Gasteiger partial charge is 0.502 e. The van der Waals surface area contributed by atoms with Gasteiger partial charge in [0.25, 0.3) is 0 Å². The third kappa shape index (κ3) is 6.54. The van der Waals surface area contributed by atoms with E-state index < -0.39 is 0 Å². The van der Waals surface area contributed by atoms with Crippen molar-refractivity contribution in [3.8, 4) is 34.5 Å². The Morgan fingerprint density at radius 3 is 2.29 bits per heavy atom. The van der Waals surface area contributed by atoms with Crippen LogP contribution < -0.4 is 19.5 Å². The highest BCUT2D eigenvalue weighted by atomic mass is 35.5. The van der Waals surface area contributed by atoms with Crippen LogP contribution in [0.15, 0.2) is 47.1 Å². The molecule has 0 unspecified atom stereocenters. The van der Waals surface area contributed by atoms with Crippen molar-refractivity contribution in [2.75, 3.05) is 20.8 Å². The molecule has 0 saturated heterocycles. The average molecular weight is 449 g/mol. The Morgan fingerprint density at radius 1 is 1.06 bits per heavy atom. The van der Waals surface area contributed by atoms with Crippen molar-refractivity contribution in [3.05, 3.63) is 53.9 Å². The fourth-order valence-electron chi connectivity index (χ4n) is 2.87. The van der Waals surface area contributed by atoms with E-state index in [9.17, 15) is 5.11 Å². The summed E-state index contributed by atoms with van der Waals surface area (Å²) in [5.74, 6) is 1.76. The molecule has 1 heterocycles. The summed E-state index contributed by atoms with van der Waals surface area (Å²) in [7, 11) is 2.95. The monoisotopic (exact) mass is 448 g/mol.